The number of hydrogen-bond acceptors (Lipinski definition) is 0. The molecule has 0 aromatic carbocycles. The zero-order chi connectivity index (χ0) is 10.9. The third kappa shape index (κ3) is 8.49. The van der Waals surface area contributed by atoms with E-state index >= 15 is 0 Å². The first-order valence-corrected chi connectivity index (χ1v) is 3.68. The highest BCUT2D eigenvalue weighted by Crippen LogP contribution is 2.42. The molecule has 0 amide bonds. The van der Waals surface area contributed by atoms with E-state index in [0.29, 0.717) is 0 Å². The van der Waals surface area contributed by atoms with Crippen LogP contribution in [0.4, 0.5) is 26.3 Å². The molecule has 13 heavy (non-hydrogen) atoms. The Balaban J connectivity index is 4.25. The molecule has 80 valence electrons. The Bertz CT molecular complexity index is 151. The SMILES string of the molecule is FC(F)(F)CC(Cl)(Cl)CC(F)(F)F. The smallest absolute Gasteiger partial charge is 0.171 e. The molecule has 0 N–H and O–H groups in total. The molecule has 0 rings (SSSR count). The average molecular weight is 249 g/mol. The molecule has 0 aromatic heterocycles. The Morgan fingerprint density at radius 1 is 0.692 bits per heavy atom. The second-order valence-electron chi connectivity index (χ2n) is 2.44. The molecule has 0 spiro atoms. The number of alkyl halides is 8. The number of rotatable bonds is 2. The van der Waals surface area contributed by atoms with Crippen LogP contribution in [0.1, 0.15) is 12.8 Å². The Morgan fingerprint density at radius 3 is 1.08 bits per heavy atom. The summed E-state index contributed by atoms with van der Waals surface area (Å²) in [5.41, 5.74) is 0. The maximum Gasteiger partial charge on any atom is 0.391 e. The van der Waals surface area contributed by atoms with Crippen LogP contribution in [0.25, 0.3) is 0 Å². The summed E-state index contributed by atoms with van der Waals surface area (Å²) in [4.78, 5) is 0. The van der Waals surface area contributed by atoms with Crippen molar-refractivity contribution in [2.75, 3.05) is 0 Å². The molecule has 0 aromatic rings. The van der Waals surface area contributed by atoms with Crippen molar-refractivity contribution in [1.29, 1.82) is 0 Å². The second-order valence-corrected chi connectivity index (χ2v) is 4.08. The fraction of sp³-hybridized carbons (Fsp3) is 1.00. The van der Waals surface area contributed by atoms with Crippen LogP contribution in [0.3, 0.4) is 0 Å². The lowest BCUT2D eigenvalue weighted by atomic mass is 10.2. The predicted octanol–water partition coefficient (Wildman–Crippen LogP) is 4.07. The summed E-state index contributed by atoms with van der Waals surface area (Å²) in [7, 11) is 0. The van der Waals surface area contributed by atoms with E-state index in [-0.39, 0.29) is 0 Å². The van der Waals surface area contributed by atoms with Gasteiger partial charge in [-0.15, -0.1) is 23.2 Å². The lowest BCUT2D eigenvalue weighted by molar-refractivity contribution is -0.159. The Hall–Kier alpha value is 0.160. The quantitative estimate of drug-likeness (QED) is 0.511. The molecular weight excluding hydrogens is 245 g/mol. The predicted molar refractivity (Wildman–Crippen MR) is 35.8 cm³/mol. The maximum atomic E-state index is 11.6. The third-order valence-electron chi connectivity index (χ3n) is 0.918. The van der Waals surface area contributed by atoms with Gasteiger partial charge >= 0.3 is 12.4 Å². The van der Waals surface area contributed by atoms with Crippen LogP contribution in [0.5, 0.6) is 0 Å². The van der Waals surface area contributed by atoms with Crippen molar-refractivity contribution in [3.63, 3.8) is 0 Å². The Kier molecular flexibility index (Phi) is 3.77. The van der Waals surface area contributed by atoms with Crippen molar-refractivity contribution < 1.29 is 26.3 Å². The summed E-state index contributed by atoms with van der Waals surface area (Å²) >= 11 is 9.66. The molecule has 0 aliphatic heterocycles. The monoisotopic (exact) mass is 248 g/mol. The molecule has 0 bridgehead atoms. The van der Waals surface area contributed by atoms with Crippen molar-refractivity contribution in [3.8, 4) is 0 Å². The van der Waals surface area contributed by atoms with Gasteiger partial charge in [0.15, 0.2) is 0 Å². The second kappa shape index (κ2) is 3.73. The highest BCUT2D eigenvalue weighted by molar-refractivity contribution is 6.48. The molecule has 0 radical (unpaired) electrons. The maximum absolute atomic E-state index is 11.6. The number of hydrogen-bond donors (Lipinski definition) is 0. The van der Waals surface area contributed by atoms with Crippen LogP contribution >= 0.6 is 23.2 Å². The van der Waals surface area contributed by atoms with E-state index < -0.39 is 29.5 Å². The average Bonchev–Trinajstić information content (AvgIpc) is 1.43. The highest BCUT2D eigenvalue weighted by Gasteiger charge is 2.46. The van der Waals surface area contributed by atoms with Gasteiger partial charge in [-0.1, -0.05) is 0 Å². The first-order chi connectivity index (χ1) is 5.41. The van der Waals surface area contributed by atoms with Crippen molar-refractivity contribution in [1.82, 2.24) is 0 Å². The molecule has 0 atom stereocenters. The van der Waals surface area contributed by atoms with Gasteiger partial charge in [0.05, 0.1) is 12.8 Å². The van der Waals surface area contributed by atoms with E-state index in [4.69, 9.17) is 23.2 Å². The fourth-order valence-corrected chi connectivity index (χ4v) is 1.26. The van der Waals surface area contributed by atoms with Gasteiger partial charge in [0.25, 0.3) is 0 Å². The third-order valence-corrected chi connectivity index (χ3v) is 1.45. The lowest BCUT2D eigenvalue weighted by Gasteiger charge is -2.22. The van der Waals surface area contributed by atoms with Crippen LogP contribution < -0.4 is 0 Å². The van der Waals surface area contributed by atoms with Crippen molar-refractivity contribution in [2.45, 2.75) is 29.5 Å². The van der Waals surface area contributed by atoms with E-state index in [1.807, 2.05) is 0 Å². The minimum Gasteiger partial charge on any atom is -0.171 e. The molecular formula is C5H4Cl2F6. The van der Waals surface area contributed by atoms with Gasteiger partial charge in [0.1, 0.15) is 4.33 Å². The summed E-state index contributed by atoms with van der Waals surface area (Å²) in [6.07, 6.45) is -13.4. The zero-order valence-electron chi connectivity index (χ0n) is 5.94. The van der Waals surface area contributed by atoms with E-state index in [1.165, 1.54) is 0 Å². The van der Waals surface area contributed by atoms with Crippen LogP contribution in [0, 0.1) is 0 Å². The number of halogens is 8. The molecule has 0 heterocycles. The summed E-state index contributed by atoms with van der Waals surface area (Å²) in [6.45, 7) is 0. The van der Waals surface area contributed by atoms with Crippen molar-refractivity contribution in [3.05, 3.63) is 0 Å². The van der Waals surface area contributed by atoms with Gasteiger partial charge in [-0.2, -0.15) is 26.3 Å². The standard InChI is InChI=1S/C5H4Cl2F6/c6-3(7,1-4(8,9)10)2-5(11,12)13/h1-2H2. The Labute approximate surface area is 79.8 Å². The van der Waals surface area contributed by atoms with E-state index in [1.54, 1.807) is 0 Å². The van der Waals surface area contributed by atoms with E-state index in [9.17, 15) is 26.3 Å². The molecule has 0 aliphatic carbocycles. The molecule has 0 saturated heterocycles. The largest absolute Gasteiger partial charge is 0.391 e. The van der Waals surface area contributed by atoms with Crippen LogP contribution in [0.2, 0.25) is 0 Å². The van der Waals surface area contributed by atoms with Gasteiger partial charge in [-0.25, -0.2) is 0 Å². The minimum atomic E-state index is -4.81. The normalized spacial score (nSPS) is 14.8. The molecule has 0 unspecified atom stereocenters. The molecule has 0 aliphatic rings. The Morgan fingerprint density at radius 2 is 0.923 bits per heavy atom. The highest BCUT2D eigenvalue weighted by atomic mass is 35.5. The zero-order valence-corrected chi connectivity index (χ0v) is 7.45. The van der Waals surface area contributed by atoms with Crippen LogP contribution in [0.15, 0.2) is 0 Å². The molecule has 0 fully saturated rings. The summed E-state index contributed by atoms with van der Waals surface area (Å²) in [6, 6.07) is 0. The van der Waals surface area contributed by atoms with Crippen LogP contribution in [-0.4, -0.2) is 16.7 Å². The van der Waals surface area contributed by atoms with E-state index in [2.05, 4.69) is 0 Å². The fourth-order valence-electron chi connectivity index (χ4n) is 0.649. The summed E-state index contributed by atoms with van der Waals surface area (Å²) < 4.78 is 66.7. The van der Waals surface area contributed by atoms with Gasteiger partial charge in [-0.3, -0.25) is 0 Å². The van der Waals surface area contributed by atoms with Gasteiger partial charge in [-0.05, 0) is 0 Å². The first-order valence-electron chi connectivity index (χ1n) is 2.93. The molecule has 0 saturated carbocycles. The van der Waals surface area contributed by atoms with Gasteiger partial charge in [0.2, 0.25) is 0 Å². The topological polar surface area (TPSA) is 0 Å². The van der Waals surface area contributed by atoms with Crippen molar-refractivity contribution >= 4 is 23.2 Å². The summed E-state index contributed by atoms with van der Waals surface area (Å²) in [5.74, 6) is 0. The van der Waals surface area contributed by atoms with Gasteiger partial charge in [0, 0.05) is 0 Å². The molecule has 8 heteroatoms. The van der Waals surface area contributed by atoms with Crippen molar-refractivity contribution in [2.24, 2.45) is 0 Å². The minimum absolute atomic E-state index is 1.89. The van der Waals surface area contributed by atoms with Crippen LogP contribution in [-0.2, 0) is 0 Å². The van der Waals surface area contributed by atoms with E-state index in [0.717, 1.165) is 0 Å². The summed E-state index contributed by atoms with van der Waals surface area (Å²) in [5, 5.41) is 0. The first kappa shape index (κ1) is 13.2. The van der Waals surface area contributed by atoms with Gasteiger partial charge < -0.3 is 0 Å². The molecule has 0 nitrogen and oxygen atoms in total. The lowest BCUT2D eigenvalue weighted by Crippen LogP contribution is -2.29.